The van der Waals surface area contributed by atoms with Crippen LogP contribution in [0.2, 0.25) is 10.0 Å². The van der Waals surface area contributed by atoms with Crippen molar-refractivity contribution in [2.75, 3.05) is 31.6 Å². The molecule has 0 spiro atoms. The first-order valence-corrected chi connectivity index (χ1v) is 7.94. The number of hydrogen-bond acceptors (Lipinski definition) is 3. The van der Waals surface area contributed by atoms with Gasteiger partial charge in [-0.2, -0.15) is 0 Å². The average Bonchev–Trinajstić information content (AvgIpc) is 3.26. The highest BCUT2D eigenvalue weighted by Crippen LogP contribution is 2.29. The molecule has 6 heteroatoms. The third-order valence-corrected chi connectivity index (χ3v) is 3.84. The van der Waals surface area contributed by atoms with E-state index < -0.39 is 0 Å². The molecule has 1 fully saturated rings. The minimum Gasteiger partial charge on any atom is -0.381 e. The number of carbonyl (C=O) groups is 1. The van der Waals surface area contributed by atoms with Crippen LogP contribution >= 0.6 is 23.2 Å². The topological polar surface area (TPSA) is 50.4 Å². The maximum atomic E-state index is 11.8. The van der Waals surface area contributed by atoms with Gasteiger partial charge in [-0.1, -0.05) is 29.3 Å². The van der Waals surface area contributed by atoms with Crippen molar-refractivity contribution in [3.8, 4) is 0 Å². The van der Waals surface area contributed by atoms with Gasteiger partial charge in [0.1, 0.15) is 0 Å². The molecule has 21 heavy (non-hydrogen) atoms. The van der Waals surface area contributed by atoms with E-state index >= 15 is 0 Å². The van der Waals surface area contributed by atoms with Gasteiger partial charge in [0.05, 0.1) is 22.3 Å². The van der Waals surface area contributed by atoms with Crippen molar-refractivity contribution >= 4 is 34.8 Å². The Labute approximate surface area is 135 Å². The number of carbonyl (C=O) groups excluding carboxylic acids is 1. The minimum absolute atomic E-state index is 0.163. The highest BCUT2D eigenvalue weighted by atomic mass is 35.5. The summed E-state index contributed by atoms with van der Waals surface area (Å²) in [5, 5.41) is 6.65. The molecule has 0 bridgehead atoms. The number of nitrogens with one attached hydrogen (secondary N) is 2. The summed E-state index contributed by atoms with van der Waals surface area (Å²) in [5.41, 5.74) is 0.459. The summed E-state index contributed by atoms with van der Waals surface area (Å²) >= 11 is 12.0. The summed E-state index contributed by atoms with van der Waals surface area (Å²) in [7, 11) is 0. The van der Waals surface area contributed by atoms with E-state index in [0.29, 0.717) is 15.7 Å². The number of rotatable bonds is 9. The lowest BCUT2D eigenvalue weighted by atomic mass is 10.3. The van der Waals surface area contributed by atoms with Gasteiger partial charge in [-0.15, -0.1) is 0 Å². The van der Waals surface area contributed by atoms with Crippen molar-refractivity contribution in [1.29, 1.82) is 0 Å². The Hall–Kier alpha value is -0.810. The normalized spacial score (nSPS) is 14.2. The summed E-state index contributed by atoms with van der Waals surface area (Å²) in [4.78, 5) is 11.8. The Morgan fingerprint density at radius 2 is 2.00 bits per heavy atom. The molecule has 2 rings (SSSR count). The van der Waals surface area contributed by atoms with Crippen LogP contribution in [0.4, 0.5) is 5.69 Å². The van der Waals surface area contributed by atoms with Gasteiger partial charge in [-0.05, 0) is 43.9 Å². The number of ether oxygens (including phenoxy) is 1. The maximum absolute atomic E-state index is 11.8. The fourth-order valence-corrected chi connectivity index (χ4v) is 2.33. The van der Waals surface area contributed by atoms with Gasteiger partial charge in [0.15, 0.2) is 0 Å². The first kappa shape index (κ1) is 16.6. The van der Waals surface area contributed by atoms with Crippen molar-refractivity contribution in [1.82, 2.24) is 5.32 Å². The Balaban J connectivity index is 1.56. The van der Waals surface area contributed by atoms with Gasteiger partial charge in [-0.25, -0.2) is 0 Å². The predicted octanol–water partition coefficient (Wildman–Crippen LogP) is 3.34. The summed E-state index contributed by atoms with van der Waals surface area (Å²) in [6.45, 7) is 2.59. The summed E-state index contributed by atoms with van der Waals surface area (Å²) in [5.74, 6) is 0.632. The van der Waals surface area contributed by atoms with Crippen molar-refractivity contribution in [3.63, 3.8) is 0 Å². The summed E-state index contributed by atoms with van der Waals surface area (Å²) in [6.07, 6.45) is 3.51. The minimum atomic E-state index is -0.163. The van der Waals surface area contributed by atoms with Gasteiger partial charge in [0, 0.05) is 13.2 Å². The first-order valence-electron chi connectivity index (χ1n) is 7.19. The molecule has 1 aromatic rings. The third kappa shape index (κ3) is 6.22. The lowest BCUT2D eigenvalue weighted by molar-refractivity contribution is -0.115. The largest absolute Gasteiger partial charge is 0.381 e. The van der Waals surface area contributed by atoms with Gasteiger partial charge in [-0.3, -0.25) is 4.79 Å². The maximum Gasteiger partial charge on any atom is 0.238 e. The van der Waals surface area contributed by atoms with E-state index in [1.807, 2.05) is 0 Å². The monoisotopic (exact) mass is 330 g/mol. The zero-order valence-corrected chi connectivity index (χ0v) is 13.3. The van der Waals surface area contributed by atoms with Crippen LogP contribution in [0.15, 0.2) is 18.2 Å². The molecule has 1 aromatic carbocycles. The number of para-hydroxylation sites is 1. The molecule has 1 saturated carbocycles. The van der Waals surface area contributed by atoms with Gasteiger partial charge in [0.2, 0.25) is 5.91 Å². The number of anilines is 1. The van der Waals surface area contributed by atoms with Gasteiger partial charge < -0.3 is 15.4 Å². The Morgan fingerprint density at radius 3 is 2.67 bits per heavy atom. The number of hydrogen-bond donors (Lipinski definition) is 2. The Bertz CT molecular complexity index is 458. The molecule has 0 saturated heterocycles. The lowest BCUT2D eigenvalue weighted by Gasteiger charge is -2.10. The van der Waals surface area contributed by atoms with E-state index in [1.54, 1.807) is 18.2 Å². The van der Waals surface area contributed by atoms with Crippen LogP contribution in [0, 0.1) is 5.92 Å². The third-order valence-electron chi connectivity index (χ3n) is 3.21. The molecule has 4 nitrogen and oxygen atoms in total. The van der Waals surface area contributed by atoms with Crippen LogP contribution in [0.25, 0.3) is 0 Å². The highest BCUT2D eigenvalue weighted by Gasteiger charge is 2.20. The predicted molar refractivity (Wildman–Crippen MR) is 86.1 cm³/mol. The second-order valence-electron chi connectivity index (χ2n) is 5.19. The van der Waals surface area contributed by atoms with Gasteiger partial charge in [0.25, 0.3) is 0 Å². The molecular formula is C15H20Cl2N2O2. The molecule has 1 aliphatic carbocycles. The fourth-order valence-electron chi connectivity index (χ4n) is 1.84. The average molecular weight is 331 g/mol. The lowest BCUT2D eigenvalue weighted by Crippen LogP contribution is -2.29. The molecule has 0 radical (unpaired) electrons. The van der Waals surface area contributed by atoms with Crippen LogP contribution in [0.3, 0.4) is 0 Å². The van der Waals surface area contributed by atoms with Crippen LogP contribution in [0.1, 0.15) is 19.3 Å². The zero-order chi connectivity index (χ0) is 15.1. The first-order chi connectivity index (χ1) is 10.2. The smallest absolute Gasteiger partial charge is 0.238 e. The van der Waals surface area contributed by atoms with E-state index in [-0.39, 0.29) is 12.5 Å². The van der Waals surface area contributed by atoms with Crippen LogP contribution < -0.4 is 10.6 Å². The van der Waals surface area contributed by atoms with E-state index in [4.69, 9.17) is 27.9 Å². The van der Waals surface area contributed by atoms with Crippen LogP contribution in [-0.4, -0.2) is 32.2 Å². The van der Waals surface area contributed by atoms with Crippen molar-refractivity contribution < 1.29 is 9.53 Å². The summed E-state index contributed by atoms with van der Waals surface area (Å²) < 4.78 is 5.52. The van der Waals surface area contributed by atoms with Crippen molar-refractivity contribution in [2.24, 2.45) is 5.92 Å². The van der Waals surface area contributed by atoms with Crippen LogP contribution in [-0.2, 0) is 9.53 Å². The molecule has 1 aliphatic rings. The molecule has 116 valence electrons. The molecule has 0 aromatic heterocycles. The molecule has 0 heterocycles. The SMILES string of the molecule is O=C(CNCCCOCC1CC1)Nc1c(Cl)cccc1Cl. The van der Waals surface area contributed by atoms with Gasteiger partial charge >= 0.3 is 0 Å². The van der Waals surface area contributed by atoms with E-state index in [9.17, 15) is 4.79 Å². The number of halogens is 2. The quantitative estimate of drug-likeness (QED) is 0.683. The molecule has 1 amide bonds. The number of benzene rings is 1. The van der Waals surface area contributed by atoms with E-state index in [1.165, 1.54) is 12.8 Å². The second kappa shape index (κ2) is 8.59. The molecule has 0 unspecified atom stereocenters. The van der Waals surface area contributed by atoms with Crippen molar-refractivity contribution in [3.05, 3.63) is 28.2 Å². The summed E-state index contributed by atoms with van der Waals surface area (Å²) in [6, 6.07) is 5.11. The van der Waals surface area contributed by atoms with Crippen LogP contribution in [0.5, 0.6) is 0 Å². The Kier molecular flexibility index (Phi) is 6.77. The molecule has 0 aliphatic heterocycles. The standard InChI is InChI=1S/C15H20Cl2N2O2/c16-12-3-1-4-13(17)15(12)19-14(20)9-18-7-2-8-21-10-11-5-6-11/h1,3-4,11,18H,2,5-10H2,(H,19,20). The molecular weight excluding hydrogens is 311 g/mol. The molecule has 2 N–H and O–H groups in total. The number of amides is 1. The Morgan fingerprint density at radius 1 is 1.29 bits per heavy atom. The molecule has 0 atom stereocenters. The highest BCUT2D eigenvalue weighted by molar-refractivity contribution is 6.39. The fraction of sp³-hybridized carbons (Fsp3) is 0.533. The zero-order valence-electron chi connectivity index (χ0n) is 11.8. The van der Waals surface area contributed by atoms with Crippen molar-refractivity contribution in [2.45, 2.75) is 19.3 Å². The van der Waals surface area contributed by atoms with E-state index in [0.717, 1.165) is 32.1 Å². The van der Waals surface area contributed by atoms with E-state index in [2.05, 4.69) is 10.6 Å². The second-order valence-corrected chi connectivity index (χ2v) is 6.01.